The van der Waals surface area contributed by atoms with Crippen LogP contribution in [-0.2, 0) is 6.42 Å². The summed E-state index contributed by atoms with van der Waals surface area (Å²) < 4.78 is 0.880. The Bertz CT molecular complexity index is 381. The summed E-state index contributed by atoms with van der Waals surface area (Å²) in [5.74, 6) is 3.67. The van der Waals surface area contributed by atoms with Crippen LogP contribution < -0.4 is 4.90 Å². The topological polar surface area (TPSA) is 29.0 Å². The number of anilines is 1. The van der Waals surface area contributed by atoms with E-state index in [1.54, 1.807) is 0 Å². The Balaban J connectivity index is 2.09. The molecule has 88 valence electrons. The van der Waals surface area contributed by atoms with E-state index in [9.17, 15) is 0 Å². The van der Waals surface area contributed by atoms with Gasteiger partial charge in [0.15, 0.2) is 0 Å². The maximum absolute atomic E-state index is 4.54. The van der Waals surface area contributed by atoms with Gasteiger partial charge in [0.2, 0.25) is 0 Å². The Kier molecular flexibility index (Phi) is 3.47. The van der Waals surface area contributed by atoms with Gasteiger partial charge in [-0.3, -0.25) is 0 Å². The van der Waals surface area contributed by atoms with Crippen molar-refractivity contribution in [1.82, 2.24) is 9.97 Å². The first-order chi connectivity index (χ1) is 7.60. The highest BCUT2D eigenvalue weighted by Gasteiger charge is 2.33. The van der Waals surface area contributed by atoms with E-state index in [2.05, 4.69) is 51.7 Å². The van der Waals surface area contributed by atoms with Crippen LogP contribution in [0.25, 0.3) is 0 Å². The lowest BCUT2D eigenvalue weighted by Crippen LogP contribution is -2.22. The van der Waals surface area contributed by atoms with Gasteiger partial charge in [-0.1, -0.05) is 13.8 Å². The molecule has 2 rings (SSSR count). The minimum Gasteiger partial charge on any atom is -0.359 e. The van der Waals surface area contributed by atoms with E-state index >= 15 is 0 Å². The summed E-state index contributed by atoms with van der Waals surface area (Å²) in [4.78, 5) is 11.1. The molecule has 3 nitrogen and oxygen atoms in total. The van der Waals surface area contributed by atoms with Gasteiger partial charge in [-0.2, -0.15) is 0 Å². The van der Waals surface area contributed by atoms with Crippen molar-refractivity contribution in [1.29, 1.82) is 0 Å². The fourth-order valence-corrected chi connectivity index (χ4v) is 2.31. The summed E-state index contributed by atoms with van der Waals surface area (Å²) in [5, 5.41) is 0. The zero-order valence-electron chi connectivity index (χ0n) is 10.1. The summed E-state index contributed by atoms with van der Waals surface area (Å²) >= 11 is 3.44. The third-order valence-electron chi connectivity index (χ3n) is 3.22. The molecule has 0 saturated heterocycles. The Morgan fingerprint density at radius 1 is 1.50 bits per heavy atom. The van der Waals surface area contributed by atoms with E-state index in [0.717, 1.165) is 41.0 Å². The zero-order valence-corrected chi connectivity index (χ0v) is 11.7. The summed E-state index contributed by atoms with van der Waals surface area (Å²) in [6.07, 6.45) is 2.23. The van der Waals surface area contributed by atoms with Crippen LogP contribution in [0.15, 0.2) is 10.7 Å². The lowest BCUT2D eigenvalue weighted by Gasteiger charge is -2.18. The normalized spacial score (nSPS) is 23.2. The van der Waals surface area contributed by atoms with Gasteiger partial charge in [-0.05, 0) is 34.2 Å². The molecule has 2 unspecified atom stereocenters. The van der Waals surface area contributed by atoms with Crippen molar-refractivity contribution in [3.63, 3.8) is 0 Å². The first kappa shape index (κ1) is 11.8. The van der Waals surface area contributed by atoms with E-state index in [-0.39, 0.29) is 0 Å². The number of rotatable bonds is 4. The molecule has 0 N–H and O–H groups in total. The van der Waals surface area contributed by atoms with Crippen LogP contribution >= 0.6 is 15.9 Å². The predicted molar refractivity (Wildman–Crippen MR) is 69.7 cm³/mol. The highest BCUT2D eigenvalue weighted by Crippen LogP contribution is 2.38. The number of hydrogen-bond acceptors (Lipinski definition) is 3. The maximum atomic E-state index is 4.54. The monoisotopic (exact) mass is 283 g/mol. The first-order valence-electron chi connectivity index (χ1n) is 5.84. The largest absolute Gasteiger partial charge is 0.359 e. The molecule has 0 bridgehead atoms. The Morgan fingerprint density at radius 3 is 2.75 bits per heavy atom. The summed E-state index contributed by atoms with van der Waals surface area (Å²) in [6.45, 7) is 5.49. The molecule has 0 aromatic carbocycles. The van der Waals surface area contributed by atoms with Gasteiger partial charge in [-0.15, -0.1) is 0 Å². The van der Waals surface area contributed by atoms with Gasteiger partial charge in [0.25, 0.3) is 0 Å². The number of nitrogens with zero attached hydrogens (tertiary/aromatic N) is 3. The Hall–Kier alpha value is -0.640. The molecule has 4 heteroatoms. The van der Waals surface area contributed by atoms with E-state index in [0.29, 0.717) is 0 Å². The van der Waals surface area contributed by atoms with Gasteiger partial charge >= 0.3 is 0 Å². The molecule has 0 amide bonds. The highest BCUT2D eigenvalue weighted by atomic mass is 79.9. The van der Waals surface area contributed by atoms with Crippen LogP contribution in [0.5, 0.6) is 0 Å². The molecular weight excluding hydrogens is 266 g/mol. The number of aryl methyl sites for hydroxylation is 1. The minimum absolute atomic E-state index is 0.851. The molecule has 16 heavy (non-hydrogen) atoms. The standard InChI is InChI=1S/C12H18BrN3/c1-4-11-14-10(13)6-12(15-11)16(3)7-9-5-8(9)2/h6,8-9H,4-5,7H2,1-3H3. The molecule has 1 fully saturated rings. The second-order valence-corrected chi connectivity index (χ2v) is 5.48. The second kappa shape index (κ2) is 4.70. The van der Waals surface area contributed by atoms with E-state index in [1.807, 2.05) is 6.07 Å². The van der Waals surface area contributed by atoms with Gasteiger partial charge < -0.3 is 4.90 Å². The number of hydrogen-bond donors (Lipinski definition) is 0. The lowest BCUT2D eigenvalue weighted by molar-refractivity contribution is 0.715. The smallest absolute Gasteiger partial charge is 0.133 e. The third kappa shape index (κ3) is 2.73. The van der Waals surface area contributed by atoms with Gasteiger partial charge in [0.05, 0.1) is 0 Å². The molecule has 0 aliphatic heterocycles. The fraction of sp³-hybridized carbons (Fsp3) is 0.667. The van der Waals surface area contributed by atoms with Crippen molar-refractivity contribution in [3.8, 4) is 0 Å². The van der Waals surface area contributed by atoms with Crippen LogP contribution in [0, 0.1) is 11.8 Å². The predicted octanol–water partition coefficient (Wildman–Crippen LogP) is 2.89. The molecule has 0 radical (unpaired) electrons. The molecule has 1 heterocycles. The average molecular weight is 284 g/mol. The molecule has 0 spiro atoms. The third-order valence-corrected chi connectivity index (χ3v) is 3.63. The molecular formula is C12H18BrN3. The van der Waals surface area contributed by atoms with Gasteiger partial charge in [0.1, 0.15) is 16.2 Å². The fourth-order valence-electron chi connectivity index (χ4n) is 1.90. The second-order valence-electron chi connectivity index (χ2n) is 4.67. The van der Waals surface area contributed by atoms with Crippen molar-refractivity contribution >= 4 is 21.7 Å². The molecule has 1 aromatic rings. The SMILES string of the molecule is CCc1nc(Br)cc(N(C)CC2CC2C)n1. The Labute approximate surface area is 105 Å². The minimum atomic E-state index is 0.851. The van der Waals surface area contributed by atoms with Crippen molar-refractivity contribution in [2.45, 2.75) is 26.7 Å². The van der Waals surface area contributed by atoms with Crippen LogP contribution in [0.2, 0.25) is 0 Å². The van der Waals surface area contributed by atoms with Crippen LogP contribution in [0.1, 0.15) is 26.1 Å². The summed E-state index contributed by atoms with van der Waals surface area (Å²) in [7, 11) is 2.11. The highest BCUT2D eigenvalue weighted by molar-refractivity contribution is 9.10. The van der Waals surface area contributed by atoms with Crippen molar-refractivity contribution in [3.05, 3.63) is 16.5 Å². The molecule has 1 aliphatic carbocycles. The molecule has 1 saturated carbocycles. The summed E-state index contributed by atoms with van der Waals surface area (Å²) in [5.41, 5.74) is 0. The van der Waals surface area contributed by atoms with Crippen LogP contribution in [0.4, 0.5) is 5.82 Å². The summed E-state index contributed by atoms with van der Waals surface area (Å²) in [6, 6.07) is 1.99. The van der Waals surface area contributed by atoms with Gasteiger partial charge in [-0.25, -0.2) is 9.97 Å². The number of halogens is 1. The average Bonchev–Trinajstić information content (AvgIpc) is 2.93. The Morgan fingerprint density at radius 2 is 2.19 bits per heavy atom. The van der Waals surface area contributed by atoms with E-state index < -0.39 is 0 Å². The molecule has 1 aromatic heterocycles. The van der Waals surface area contributed by atoms with E-state index in [1.165, 1.54) is 6.42 Å². The maximum Gasteiger partial charge on any atom is 0.133 e. The zero-order chi connectivity index (χ0) is 11.7. The van der Waals surface area contributed by atoms with Crippen LogP contribution in [0.3, 0.4) is 0 Å². The van der Waals surface area contributed by atoms with Crippen molar-refractivity contribution in [2.24, 2.45) is 11.8 Å². The number of aromatic nitrogens is 2. The van der Waals surface area contributed by atoms with Crippen molar-refractivity contribution in [2.75, 3.05) is 18.5 Å². The molecule has 1 aliphatic rings. The van der Waals surface area contributed by atoms with Gasteiger partial charge in [0, 0.05) is 26.1 Å². The quantitative estimate of drug-likeness (QED) is 0.796. The van der Waals surface area contributed by atoms with Crippen LogP contribution in [-0.4, -0.2) is 23.6 Å². The lowest BCUT2D eigenvalue weighted by atomic mass is 10.3. The van der Waals surface area contributed by atoms with Crippen molar-refractivity contribution < 1.29 is 0 Å². The first-order valence-corrected chi connectivity index (χ1v) is 6.64. The van der Waals surface area contributed by atoms with E-state index in [4.69, 9.17) is 0 Å². The molecule has 2 atom stereocenters.